The van der Waals surface area contributed by atoms with E-state index in [1.54, 1.807) is 0 Å². The molecular weight excluding hydrogens is 751 g/mol. The van der Waals surface area contributed by atoms with Crippen molar-refractivity contribution in [1.82, 2.24) is 10.6 Å². The summed E-state index contributed by atoms with van der Waals surface area (Å²) in [6.45, 7) is 0. The van der Waals surface area contributed by atoms with Gasteiger partial charge in [0, 0.05) is 47.6 Å². The first-order valence-corrected chi connectivity index (χ1v) is 21.2. The van der Waals surface area contributed by atoms with Crippen molar-refractivity contribution in [2.24, 2.45) is 4.99 Å². The van der Waals surface area contributed by atoms with Gasteiger partial charge in [-0.2, -0.15) is 0 Å². The number of amidine groups is 1. The molecule has 2 aromatic heterocycles. The molecule has 0 spiro atoms. The van der Waals surface area contributed by atoms with E-state index in [1.165, 1.54) is 47.8 Å². The summed E-state index contributed by atoms with van der Waals surface area (Å²) >= 11 is 1.83. The van der Waals surface area contributed by atoms with Gasteiger partial charge in [0.25, 0.3) is 0 Å². The summed E-state index contributed by atoms with van der Waals surface area (Å²) in [5.41, 5.74) is 11.9. The van der Waals surface area contributed by atoms with Crippen molar-refractivity contribution in [3.05, 3.63) is 217 Å². The number of furan rings is 1. The highest BCUT2D eigenvalue weighted by atomic mass is 32.1. The quantitative estimate of drug-likeness (QED) is 0.176. The molecule has 284 valence electrons. The number of rotatable bonds is 6. The van der Waals surface area contributed by atoms with Crippen molar-refractivity contribution in [3.8, 4) is 33.4 Å². The minimum atomic E-state index is -0.311. The van der Waals surface area contributed by atoms with Crippen LogP contribution in [0.3, 0.4) is 0 Å². The van der Waals surface area contributed by atoms with Crippen molar-refractivity contribution in [3.63, 3.8) is 0 Å². The number of nitrogens with one attached hydrogen (secondary N) is 2. The minimum absolute atomic E-state index is 0.293. The van der Waals surface area contributed by atoms with E-state index in [0.29, 0.717) is 0 Å². The Morgan fingerprint density at radius 1 is 0.467 bits per heavy atom. The largest absolute Gasteiger partial charge is 0.455 e. The first-order valence-electron chi connectivity index (χ1n) is 20.4. The van der Waals surface area contributed by atoms with E-state index < -0.39 is 0 Å². The van der Waals surface area contributed by atoms with Crippen LogP contribution in [0.2, 0.25) is 0 Å². The second-order valence-electron chi connectivity index (χ2n) is 15.6. The molecule has 2 N–H and O–H groups in total. The van der Waals surface area contributed by atoms with Crippen LogP contribution in [-0.4, -0.2) is 5.84 Å². The van der Waals surface area contributed by atoms with Gasteiger partial charge in [-0.25, -0.2) is 4.99 Å². The molecule has 60 heavy (non-hydrogen) atoms. The van der Waals surface area contributed by atoms with Crippen LogP contribution in [0.1, 0.15) is 29.0 Å². The third-order valence-corrected chi connectivity index (χ3v) is 13.1. The van der Waals surface area contributed by atoms with Gasteiger partial charge in [0.15, 0.2) is 0 Å². The average Bonchev–Trinajstić information content (AvgIpc) is 3.89. The molecule has 2 atom stereocenters. The number of aliphatic imine (C=N–C) groups is 1. The van der Waals surface area contributed by atoms with E-state index in [-0.39, 0.29) is 12.3 Å². The molecule has 2 unspecified atom stereocenters. The van der Waals surface area contributed by atoms with Crippen molar-refractivity contribution in [1.29, 1.82) is 0 Å². The van der Waals surface area contributed by atoms with Gasteiger partial charge < -0.3 is 9.73 Å². The average molecular weight is 788 g/mol. The van der Waals surface area contributed by atoms with E-state index in [2.05, 4.69) is 211 Å². The Morgan fingerprint density at radius 2 is 1.07 bits per heavy atom. The summed E-state index contributed by atoms with van der Waals surface area (Å²) < 4.78 is 9.51. The molecule has 11 aromatic rings. The predicted molar refractivity (Wildman–Crippen MR) is 252 cm³/mol. The maximum absolute atomic E-state index is 6.96. The molecule has 5 heteroatoms. The topological polar surface area (TPSA) is 49.6 Å². The van der Waals surface area contributed by atoms with Gasteiger partial charge in [-0.1, -0.05) is 176 Å². The molecule has 9 aromatic carbocycles. The lowest BCUT2D eigenvalue weighted by molar-refractivity contribution is 0.411. The Hall–Kier alpha value is -7.31. The second kappa shape index (κ2) is 14.2. The number of thiophene rings is 1. The lowest BCUT2D eigenvalue weighted by Gasteiger charge is -2.32. The molecule has 0 amide bonds. The standard InChI is InChI=1S/C55H37N3OS/c1-3-11-34(12-4-1)36-19-23-38(24-20-36)43-29-30-46(51-47-31-40-15-7-8-16-41(40)32-48(47)59-52(43)51)55-57-53(39-25-21-37(22-26-39)35-13-5-2-6-14-35)56-54(58-55)42-27-28-45-44-17-9-10-18-49(44)60-50(45)33-42/h1-33,54-55,58H,(H,56,57). The van der Waals surface area contributed by atoms with E-state index in [9.17, 15) is 0 Å². The summed E-state index contributed by atoms with van der Waals surface area (Å²) in [5, 5.41) is 14.9. The molecule has 3 heterocycles. The molecule has 0 saturated heterocycles. The van der Waals surface area contributed by atoms with E-state index in [0.717, 1.165) is 61.0 Å². The zero-order chi connectivity index (χ0) is 39.6. The first kappa shape index (κ1) is 34.7. The monoisotopic (exact) mass is 787 g/mol. The Labute approximate surface area is 351 Å². The van der Waals surface area contributed by atoms with Crippen LogP contribution in [0.5, 0.6) is 0 Å². The Morgan fingerprint density at radius 3 is 1.80 bits per heavy atom. The SMILES string of the molecule is c1ccc(-c2ccc(C3=NC(c4ccc5c(c4)sc4ccccc45)NC(c4ccc(-c5ccc(-c6ccccc6)cc5)c5oc6cc7ccccc7cc6c45)N3)cc2)cc1. The van der Waals surface area contributed by atoms with Crippen LogP contribution >= 0.6 is 11.3 Å². The highest BCUT2D eigenvalue weighted by Crippen LogP contribution is 2.43. The predicted octanol–water partition coefficient (Wildman–Crippen LogP) is 14.4. The lowest BCUT2D eigenvalue weighted by atomic mass is 9.94. The Balaban J connectivity index is 1.02. The van der Waals surface area contributed by atoms with Gasteiger partial charge in [-0.3, -0.25) is 5.32 Å². The molecule has 0 radical (unpaired) electrons. The fraction of sp³-hybridized carbons (Fsp3) is 0.0364. The van der Waals surface area contributed by atoms with Gasteiger partial charge in [0.05, 0.1) is 0 Å². The number of benzene rings is 9. The minimum Gasteiger partial charge on any atom is -0.455 e. The molecule has 12 rings (SSSR count). The fourth-order valence-corrected chi connectivity index (χ4v) is 10.1. The van der Waals surface area contributed by atoms with Crippen LogP contribution in [-0.2, 0) is 0 Å². The Kier molecular flexibility index (Phi) is 8.22. The zero-order valence-corrected chi connectivity index (χ0v) is 33.3. The van der Waals surface area contributed by atoms with Crippen molar-refractivity contribution in [2.45, 2.75) is 12.3 Å². The number of nitrogens with zero attached hydrogens (tertiary/aromatic N) is 1. The molecule has 0 saturated carbocycles. The van der Waals surface area contributed by atoms with Gasteiger partial charge in [0.2, 0.25) is 0 Å². The molecule has 4 nitrogen and oxygen atoms in total. The third kappa shape index (κ3) is 5.98. The molecule has 1 aliphatic heterocycles. The van der Waals surface area contributed by atoms with Crippen molar-refractivity contribution < 1.29 is 4.42 Å². The van der Waals surface area contributed by atoms with Crippen molar-refractivity contribution >= 4 is 70.1 Å². The normalized spacial score (nSPS) is 15.5. The van der Waals surface area contributed by atoms with Gasteiger partial charge >= 0.3 is 0 Å². The molecule has 0 fully saturated rings. The summed E-state index contributed by atoms with van der Waals surface area (Å²) in [7, 11) is 0. The van der Waals surface area contributed by atoms with Crippen LogP contribution in [0, 0.1) is 0 Å². The van der Waals surface area contributed by atoms with Crippen LogP contribution < -0.4 is 10.6 Å². The van der Waals surface area contributed by atoms with Gasteiger partial charge in [-0.15, -0.1) is 11.3 Å². The second-order valence-corrected chi connectivity index (χ2v) is 16.7. The Bertz CT molecular complexity index is 3420. The van der Waals surface area contributed by atoms with Crippen LogP contribution in [0.25, 0.3) is 86.3 Å². The van der Waals surface area contributed by atoms with Crippen LogP contribution in [0.15, 0.2) is 210 Å². The van der Waals surface area contributed by atoms with Crippen molar-refractivity contribution in [2.75, 3.05) is 0 Å². The number of hydrogen-bond acceptors (Lipinski definition) is 5. The van der Waals surface area contributed by atoms with E-state index in [4.69, 9.17) is 9.41 Å². The fourth-order valence-electron chi connectivity index (χ4n) is 8.93. The maximum atomic E-state index is 6.96. The summed E-state index contributed by atoms with van der Waals surface area (Å²) in [6, 6.07) is 71.6. The van der Waals surface area contributed by atoms with Gasteiger partial charge in [-0.05, 0) is 68.4 Å². The third-order valence-electron chi connectivity index (χ3n) is 12.0. The van der Waals surface area contributed by atoms with E-state index in [1.807, 2.05) is 11.3 Å². The zero-order valence-electron chi connectivity index (χ0n) is 32.5. The number of fused-ring (bicyclic) bond motifs is 7. The molecular formula is C55H37N3OS. The highest BCUT2D eigenvalue weighted by Gasteiger charge is 2.29. The summed E-state index contributed by atoms with van der Waals surface area (Å²) in [6.07, 6.45) is -0.604. The van der Waals surface area contributed by atoms with E-state index >= 15 is 0 Å². The molecule has 1 aliphatic rings. The van der Waals surface area contributed by atoms with Crippen LogP contribution in [0.4, 0.5) is 0 Å². The summed E-state index contributed by atoms with van der Waals surface area (Å²) in [5.74, 6) is 0.840. The number of hydrogen-bond donors (Lipinski definition) is 2. The highest BCUT2D eigenvalue weighted by molar-refractivity contribution is 7.25. The molecule has 0 bridgehead atoms. The lowest BCUT2D eigenvalue weighted by Crippen LogP contribution is -2.45. The summed E-state index contributed by atoms with van der Waals surface area (Å²) in [4.78, 5) is 5.41. The van der Waals surface area contributed by atoms with Gasteiger partial charge in [0.1, 0.15) is 29.3 Å². The first-order chi connectivity index (χ1) is 29.7. The molecule has 0 aliphatic carbocycles. The smallest absolute Gasteiger partial charge is 0.143 e. The maximum Gasteiger partial charge on any atom is 0.143 e.